The van der Waals surface area contributed by atoms with Crippen molar-refractivity contribution in [2.75, 3.05) is 18.5 Å². The molecule has 0 radical (unpaired) electrons. The smallest absolute Gasteiger partial charge is 0.245 e. The summed E-state index contributed by atoms with van der Waals surface area (Å²) in [6.07, 6.45) is 3.42. The van der Waals surface area contributed by atoms with E-state index in [9.17, 15) is 4.79 Å². The molecule has 3 N–H and O–H groups in total. The van der Waals surface area contributed by atoms with Crippen LogP contribution in [-0.4, -0.2) is 29.1 Å². The van der Waals surface area contributed by atoms with Crippen molar-refractivity contribution in [3.8, 4) is 0 Å². The third kappa shape index (κ3) is 4.84. The van der Waals surface area contributed by atoms with E-state index in [0.29, 0.717) is 6.54 Å². The normalized spacial score (nSPS) is 11.7. The fraction of sp³-hybridized carbons (Fsp3) is 0.200. The van der Waals surface area contributed by atoms with Crippen LogP contribution in [0.4, 0.5) is 5.69 Å². The SMILES string of the molecule is O=C(CO)NCC(Nc1cncc(Br)c1)c1ccccc1. The van der Waals surface area contributed by atoms with Crippen LogP contribution >= 0.6 is 15.9 Å². The van der Waals surface area contributed by atoms with Gasteiger partial charge in [-0.25, -0.2) is 0 Å². The summed E-state index contributed by atoms with van der Waals surface area (Å²) in [5.41, 5.74) is 1.88. The van der Waals surface area contributed by atoms with Gasteiger partial charge in [0.2, 0.25) is 5.91 Å². The number of anilines is 1. The van der Waals surface area contributed by atoms with Gasteiger partial charge in [0.15, 0.2) is 0 Å². The molecule has 2 aromatic rings. The van der Waals surface area contributed by atoms with Gasteiger partial charge in [-0.15, -0.1) is 0 Å². The summed E-state index contributed by atoms with van der Waals surface area (Å²) >= 11 is 3.38. The number of hydrogen-bond acceptors (Lipinski definition) is 4. The molecule has 0 spiro atoms. The monoisotopic (exact) mass is 349 g/mol. The van der Waals surface area contributed by atoms with Crippen LogP contribution in [0.5, 0.6) is 0 Å². The Kier molecular flexibility index (Phi) is 5.71. The molecule has 0 aliphatic heterocycles. The molecular weight excluding hydrogens is 334 g/mol. The number of aliphatic hydroxyl groups is 1. The molecule has 1 amide bonds. The largest absolute Gasteiger partial charge is 0.387 e. The van der Waals surface area contributed by atoms with Crippen molar-refractivity contribution in [3.05, 3.63) is 58.8 Å². The van der Waals surface area contributed by atoms with E-state index in [2.05, 4.69) is 31.5 Å². The lowest BCUT2D eigenvalue weighted by atomic mass is 10.1. The Morgan fingerprint density at radius 2 is 2.05 bits per heavy atom. The average Bonchev–Trinajstić information content (AvgIpc) is 2.52. The maximum absolute atomic E-state index is 11.2. The van der Waals surface area contributed by atoms with E-state index in [4.69, 9.17) is 5.11 Å². The number of benzene rings is 1. The number of nitrogens with one attached hydrogen (secondary N) is 2. The maximum atomic E-state index is 11.2. The van der Waals surface area contributed by atoms with Crippen molar-refractivity contribution in [2.45, 2.75) is 6.04 Å². The molecular formula is C15H16BrN3O2. The third-order valence-electron chi connectivity index (χ3n) is 2.89. The van der Waals surface area contributed by atoms with Crippen LogP contribution in [0.1, 0.15) is 11.6 Å². The molecule has 21 heavy (non-hydrogen) atoms. The van der Waals surface area contributed by atoms with Gasteiger partial charge < -0.3 is 15.7 Å². The highest BCUT2D eigenvalue weighted by Crippen LogP contribution is 2.20. The number of aromatic nitrogens is 1. The zero-order valence-corrected chi connectivity index (χ0v) is 12.9. The average molecular weight is 350 g/mol. The topological polar surface area (TPSA) is 74.2 Å². The van der Waals surface area contributed by atoms with E-state index in [1.54, 1.807) is 12.4 Å². The molecule has 0 fully saturated rings. The van der Waals surface area contributed by atoms with Gasteiger partial charge in [0, 0.05) is 17.2 Å². The summed E-state index contributed by atoms with van der Waals surface area (Å²) in [5, 5.41) is 14.8. The first-order valence-electron chi connectivity index (χ1n) is 6.48. The molecule has 0 aliphatic rings. The minimum atomic E-state index is -0.514. The summed E-state index contributed by atoms with van der Waals surface area (Å²) in [6.45, 7) is -0.143. The first-order chi connectivity index (χ1) is 10.2. The van der Waals surface area contributed by atoms with Gasteiger partial charge in [-0.3, -0.25) is 9.78 Å². The quantitative estimate of drug-likeness (QED) is 0.746. The van der Waals surface area contributed by atoms with Crippen LogP contribution < -0.4 is 10.6 Å². The van der Waals surface area contributed by atoms with Gasteiger partial charge in [0.05, 0.1) is 17.9 Å². The van der Waals surface area contributed by atoms with E-state index < -0.39 is 12.5 Å². The van der Waals surface area contributed by atoms with Crippen LogP contribution in [-0.2, 0) is 4.79 Å². The summed E-state index contributed by atoms with van der Waals surface area (Å²) in [7, 11) is 0. The molecule has 0 saturated heterocycles. The zero-order chi connectivity index (χ0) is 15.1. The molecule has 1 aromatic carbocycles. The Bertz CT molecular complexity index is 592. The standard InChI is InChI=1S/C15H16BrN3O2/c16-12-6-13(8-17-7-12)19-14(9-18-15(21)10-20)11-4-2-1-3-5-11/h1-8,14,19-20H,9-10H2,(H,18,21). The summed E-state index contributed by atoms with van der Waals surface area (Å²) in [4.78, 5) is 15.4. The predicted octanol–water partition coefficient (Wildman–Crippen LogP) is 2.11. The van der Waals surface area contributed by atoms with Crippen molar-refractivity contribution < 1.29 is 9.90 Å². The van der Waals surface area contributed by atoms with Gasteiger partial charge in [0.1, 0.15) is 6.61 Å². The molecule has 6 heteroatoms. The Hall–Kier alpha value is -1.92. The first-order valence-corrected chi connectivity index (χ1v) is 7.28. The molecule has 110 valence electrons. The third-order valence-corrected chi connectivity index (χ3v) is 3.33. The van der Waals surface area contributed by atoms with Gasteiger partial charge >= 0.3 is 0 Å². The summed E-state index contributed by atoms with van der Waals surface area (Å²) in [5.74, 6) is -0.398. The fourth-order valence-electron chi connectivity index (χ4n) is 1.90. The van der Waals surface area contributed by atoms with Gasteiger partial charge in [-0.2, -0.15) is 0 Å². The Morgan fingerprint density at radius 1 is 1.29 bits per heavy atom. The van der Waals surface area contributed by atoms with Crippen LogP contribution in [0.3, 0.4) is 0 Å². The van der Waals surface area contributed by atoms with E-state index in [0.717, 1.165) is 15.7 Å². The highest BCUT2D eigenvalue weighted by molar-refractivity contribution is 9.10. The summed E-state index contributed by atoms with van der Waals surface area (Å²) < 4.78 is 0.874. The van der Waals surface area contributed by atoms with Crippen LogP contribution in [0.2, 0.25) is 0 Å². The number of rotatable bonds is 6. The molecule has 0 aliphatic carbocycles. The number of pyridine rings is 1. The van der Waals surface area contributed by atoms with Gasteiger partial charge in [0.25, 0.3) is 0 Å². The molecule has 0 saturated carbocycles. The van der Waals surface area contributed by atoms with Crippen molar-refractivity contribution in [1.29, 1.82) is 0 Å². The lowest BCUT2D eigenvalue weighted by Gasteiger charge is -2.20. The van der Waals surface area contributed by atoms with Crippen molar-refractivity contribution in [3.63, 3.8) is 0 Å². The highest BCUT2D eigenvalue weighted by Gasteiger charge is 2.12. The van der Waals surface area contributed by atoms with Crippen molar-refractivity contribution in [1.82, 2.24) is 10.3 Å². The number of amides is 1. The maximum Gasteiger partial charge on any atom is 0.245 e. The van der Waals surface area contributed by atoms with E-state index in [1.807, 2.05) is 36.4 Å². The lowest BCUT2D eigenvalue weighted by molar-refractivity contribution is -0.123. The number of carbonyl (C=O) groups is 1. The van der Waals surface area contributed by atoms with E-state index in [1.165, 1.54) is 0 Å². The molecule has 1 heterocycles. The molecule has 2 rings (SSSR count). The van der Waals surface area contributed by atoms with E-state index >= 15 is 0 Å². The Balaban J connectivity index is 2.13. The van der Waals surface area contributed by atoms with Crippen LogP contribution in [0.25, 0.3) is 0 Å². The van der Waals surface area contributed by atoms with Crippen LogP contribution in [0.15, 0.2) is 53.3 Å². The lowest BCUT2D eigenvalue weighted by Crippen LogP contribution is -2.33. The molecule has 1 unspecified atom stereocenters. The Morgan fingerprint density at radius 3 is 2.71 bits per heavy atom. The second-order valence-corrected chi connectivity index (χ2v) is 5.38. The number of nitrogens with zero attached hydrogens (tertiary/aromatic N) is 1. The second-order valence-electron chi connectivity index (χ2n) is 4.46. The fourth-order valence-corrected chi connectivity index (χ4v) is 2.27. The number of halogens is 1. The Labute approximate surface area is 131 Å². The number of aliphatic hydroxyl groups excluding tert-OH is 1. The minimum Gasteiger partial charge on any atom is -0.387 e. The molecule has 1 atom stereocenters. The first kappa shape index (κ1) is 15.5. The molecule has 1 aromatic heterocycles. The second kappa shape index (κ2) is 7.75. The minimum absolute atomic E-state index is 0.113. The molecule has 5 nitrogen and oxygen atoms in total. The van der Waals surface area contributed by atoms with Crippen molar-refractivity contribution >= 4 is 27.5 Å². The molecule has 0 bridgehead atoms. The number of carbonyl (C=O) groups excluding carboxylic acids is 1. The van der Waals surface area contributed by atoms with Crippen molar-refractivity contribution in [2.24, 2.45) is 0 Å². The summed E-state index contributed by atoms with van der Waals surface area (Å²) in [6, 6.07) is 11.6. The van der Waals surface area contributed by atoms with Crippen LogP contribution in [0, 0.1) is 0 Å². The number of hydrogen-bond donors (Lipinski definition) is 3. The predicted molar refractivity (Wildman–Crippen MR) is 84.8 cm³/mol. The van der Waals surface area contributed by atoms with E-state index in [-0.39, 0.29) is 6.04 Å². The van der Waals surface area contributed by atoms with Gasteiger partial charge in [-0.1, -0.05) is 30.3 Å². The van der Waals surface area contributed by atoms with Gasteiger partial charge in [-0.05, 0) is 27.6 Å². The zero-order valence-electron chi connectivity index (χ0n) is 11.3. The highest BCUT2D eigenvalue weighted by atomic mass is 79.9.